The van der Waals surface area contributed by atoms with E-state index in [1.165, 1.54) is 24.0 Å². The first-order chi connectivity index (χ1) is 16.4. The highest BCUT2D eigenvalue weighted by Crippen LogP contribution is 2.29. The molecule has 5 nitrogen and oxygen atoms in total. The van der Waals surface area contributed by atoms with E-state index in [0.29, 0.717) is 12.0 Å². The summed E-state index contributed by atoms with van der Waals surface area (Å²) >= 11 is 0. The summed E-state index contributed by atoms with van der Waals surface area (Å²) in [6, 6.07) is 14.8. The lowest BCUT2D eigenvalue weighted by molar-refractivity contribution is 0.0554. The maximum absolute atomic E-state index is 14.5. The molecule has 1 aliphatic rings. The second kappa shape index (κ2) is 10.8. The van der Waals surface area contributed by atoms with Crippen LogP contribution in [-0.2, 0) is 13.0 Å². The van der Waals surface area contributed by atoms with Gasteiger partial charge in [0.05, 0.1) is 13.4 Å². The zero-order valence-electron chi connectivity index (χ0n) is 19.5. The predicted octanol–water partition coefficient (Wildman–Crippen LogP) is 5.16. The van der Waals surface area contributed by atoms with Crippen molar-refractivity contribution in [2.75, 3.05) is 27.2 Å². The summed E-state index contributed by atoms with van der Waals surface area (Å²) in [7, 11) is 3.40. The van der Waals surface area contributed by atoms with Crippen molar-refractivity contribution in [2.45, 2.75) is 31.8 Å². The molecule has 1 fully saturated rings. The Morgan fingerprint density at radius 3 is 2.62 bits per heavy atom. The van der Waals surface area contributed by atoms with Crippen molar-refractivity contribution < 1.29 is 22.7 Å². The fraction of sp³-hybridized carbons (Fsp3) is 0.370. The van der Waals surface area contributed by atoms with Crippen LogP contribution in [-0.4, -0.2) is 49.0 Å². The average Bonchev–Trinajstić information content (AvgIpc) is 3.39. The number of methoxy groups -OCH3 is 1. The molecule has 1 saturated heterocycles. The highest BCUT2D eigenvalue weighted by atomic mass is 19.1. The lowest BCUT2D eigenvalue weighted by Crippen LogP contribution is -2.47. The van der Waals surface area contributed by atoms with E-state index in [0.717, 1.165) is 44.3 Å². The summed E-state index contributed by atoms with van der Waals surface area (Å²) in [5, 5.41) is 0. The summed E-state index contributed by atoms with van der Waals surface area (Å²) < 4.78 is 38.6. The molecule has 34 heavy (non-hydrogen) atoms. The highest BCUT2D eigenvalue weighted by molar-refractivity contribution is 5.91. The van der Waals surface area contributed by atoms with E-state index in [2.05, 4.69) is 11.0 Å². The minimum absolute atomic E-state index is 0.176. The van der Waals surface area contributed by atoms with Crippen molar-refractivity contribution in [2.24, 2.45) is 5.92 Å². The normalized spacial score (nSPS) is 15.8. The molecule has 1 aromatic heterocycles. The van der Waals surface area contributed by atoms with Gasteiger partial charge in [0.15, 0.2) is 5.76 Å². The van der Waals surface area contributed by atoms with Crippen LogP contribution in [0.2, 0.25) is 0 Å². The zero-order chi connectivity index (χ0) is 24.1. The van der Waals surface area contributed by atoms with Gasteiger partial charge in [-0.25, -0.2) is 8.78 Å². The van der Waals surface area contributed by atoms with Crippen LogP contribution in [0, 0.1) is 17.6 Å². The molecule has 4 rings (SSSR count). The Morgan fingerprint density at radius 2 is 1.94 bits per heavy atom. The van der Waals surface area contributed by atoms with Crippen LogP contribution in [0.5, 0.6) is 5.75 Å². The second-order valence-electron chi connectivity index (χ2n) is 8.87. The van der Waals surface area contributed by atoms with Crippen LogP contribution >= 0.6 is 0 Å². The minimum Gasteiger partial charge on any atom is -0.497 e. The van der Waals surface area contributed by atoms with Crippen molar-refractivity contribution in [3.8, 4) is 5.75 Å². The summed E-state index contributed by atoms with van der Waals surface area (Å²) in [5.41, 5.74) is 1.59. The SMILES string of the molecule is COc1cccc(CN2CCC(C(Cc3ccc(F)cc3F)N(C)C(=O)c3ccco3)CC2)c1. The molecule has 3 aromatic rings. The fourth-order valence-electron chi connectivity index (χ4n) is 4.78. The van der Waals surface area contributed by atoms with Crippen LogP contribution < -0.4 is 4.74 Å². The van der Waals surface area contributed by atoms with Crippen LogP contribution in [0.4, 0.5) is 8.78 Å². The third-order valence-corrected chi connectivity index (χ3v) is 6.71. The Morgan fingerprint density at radius 1 is 1.15 bits per heavy atom. The standard InChI is InChI=1S/C27H30F2N2O3/c1-30(27(32)26-7-4-14-34-26)25(16-21-8-9-22(28)17-24(21)29)20-10-12-31(13-11-20)18-19-5-3-6-23(15-19)33-2/h3-9,14-15,17,20,25H,10-13,16,18H2,1-2H3. The van der Waals surface area contributed by atoms with Crippen molar-refractivity contribution in [3.63, 3.8) is 0 Å². The van der Waals surface area contributed by atoms with Gasteiger partial charge in [-0.15, -0.1) is 0 Å². The molecular formula is C27H30F2N2O3. The van der Waals surface area contributed by atoms with Gasteiger partial charge in [-0.1, -0.05) is 18.2 Å². The number of likely N-dealkylation sites (N-methyl/N-ethyl adjacent to an activating group) is 1. The van der Waals surface area contributed by atoms with Gasteiger partial charge in [0, 0.05) is 25.7 Å². The van der Waals surface area contributed by atoms with Crippen molar-refractivity contribution >= 4 is 5.91 Å². The Kier molecular flexibility index (Phi) is 7.63. The number of carbonyl (C=O) groups excluding carboxylic acids is 1. The molecule has 1 unspecified atom stereocenters. The lowest BCUT2D eigenvalue weighted by Gasteiger charge is -2.40. The van der Waals surface area contributed by atoms with Crippen LogP contribution in [0.3, 0.4) is 0 Å². The smallest absolute Gasteiger partial charge is 0.289 e. The minimum atomic E-state index is -0.608. The number of hydrogen-bond donors (Lipinski definition) is 0. The Balaban J connectivity index is 1.48. The fourth-order valence-corrected chi connectivity index (χ4v) is 4.78. The van der Waals surface area contributed by atoms with E-state index >= 15 is 0 Å². The summed E-state index contributed by atoms with van der Waals surface area (Å²) in [5.74, 6) is -0.163. The number of hydrogen-bond acceptors (Lipinski definition) is 4. The number of halogens is 2. The van der Waals surface area contributed by atoms with E-state index in [9.17, 15) is 13.6 Å². The van der Waals surface area contributed by atoms with Gasteiger partial charge in [-0.3, -0.25) is 9.69 Å². The molecule has 0 radical (unpaired) electrons. The van der Waals surface area contributed by atoms with E-state index in [-0.39, 0.29) is 23.6 Å². The molecule has 0 spiro atoms. The molecule has 1 amide bonds. The number of carbonyl (C=O) groups is 1. The van der Waals surface area contributed by atoms with Gasteiger partial charge >= 0.3 is 0 Å². The van der Waals surface area contributed by atoms with Gasteiger partial charge in [0.2, 0.25) is 0 Å². The summed E-state index contributed by atoms with van der Waals surface area (Å²) in [6.07, 6.45) is 3.52. The Bertz CT molecular complexity index is 1100. The third kappa shape index (κ3) is 5.65. The molecule has 2 heterocycles. The summed E-state index contributed by atoms with van der Waals surface area (Å²) in [4.78, 5) is 17.1. The van der Waals surface area contributed by atoms with Gasteiger partial charge in [0.1, 0.15) is 17.4 Å². The first-order valence-electron chi connectivity index (χ1n) is 11.5. The van der Waals surface area contributed by atoms with Crippen LogP contribution in [0.15, 0.2) is 65.3 Å². The number of piperidine rings is 1. The van der Waals surface area contributed by atoms with E-state index in [1.54, 1.807) is 31.2 Å². The molecule has 0 bridgehead atoms. The summed E-state index contributed by atoms with van der Waals surface area (Å²) in [6.45, 7) is 2.56. The van der Waals surface area contributed by atoms with E-state index < -0.39 is 11.6 Å². The van der Waals surface area contributed by atoms with Gasteiger partial charge in [-0.2, -0.15) is 0 Å². The molecule has 7 heteroatoms. The molecule has 1 atom stereocenters. The van der Waals surface area contributed by atoms with Gasteiger partial charge in [0.25, 0.3) is 5.91 Å². The number of likely N-dealkylation sites (tertiary alicyclic amines) is 1. The lowest BCUT2D eigenvalue weighted by atomic mass is 9.84. The predicted molar refractivity (Wildman–Crippen MR) is 126 cm³/mol. The topological polar surface area (TPSA) is 45.9 Å². The largest absolute Gasteiger partial charge is 0.497 e. The van der Waals surface area contributed by atoms with E-state index in [4.69, 9.17) is 9.15 Å². The van der Waals surface area contributed by atoms with E-state index in [1.807, 2.05) is 18.2 Å². The van der Waals surface area contributed by atoms with Crippen LogP contribution in [0.25, 0.3) is 0 Å². The second-order valence-corrected chi connectivity index (χ2v) is 8.87. The zero-order valence-corrected chi connectivity index (χ0v) is 19.5. The number of benzene rings is 2. The highest BCUT2D eigenvalue weighted by Gasteiger charge is 2.33. The quantitative estimate of drug-likeness (QED) is 0.458. The molecular weight excluding hydrogens is 438 g/mol. The number of rotatable bonds is 8. The average molecular weight is 469 g/mol. The molecule has 0 aliphatic carbocycles. The number of ether oxygens (including phenoxy) is 1. The number of furan rings is 1. The number of nitrogens with zero attached hydrogens (tertiary/aromatic N) is 2. The molecule has 180 valence electrons. The molecule has 0 N–H and O–H groups in total. The van der Waals surface area contributed by atoms with Crippen LogP contribution in [0.1, 0.15) is 34.5 Å². The first-order valence-corrected chi connectivity index (χ1v) is 11.5. The van der Waals surface area contributed by atoms with Crippen molar-refractivity contribution in [1.82, 2.24) is 9.80 Å². The number of amides is 1. The molecule has 0 saturated carbocycles. The Labute approximate surface area is 198 Å². The van der Waals surface area contributed by atoms with Crippen molar-refractivity contribution in [3.05, 3.63) is 89.4 Å². The third-order valence-electron chi connectivity index (χ3n) is 6.71. The maximum atomic E-state index is 14.5. The Hall–Kier alpha value is -3.19. The van der Waals surface area contributed by atoms with Gasteiger partial charge < -0.3 is 14.1 Å². The van der Waals surface area contributed by atoms with Gasteiger partial charge in [-0.05, 0) is 79.7 Å². The van der Waals surface area contributed by atoms with Crippen molar-refractivity contribution in [1.29, 1.82) is 0 Å². The first kappa shape index (κ1) is 24.0. The molecule has 2 aromatic carbocycles. The maximum Gasteiger partial charge on any atom is 0.289 e. The monoisotopic (exact) mass is 468 g/mol. The molecule has 1 aliphatic heterocycles.